The molecule has 2 aliphatic heterocycles. The maximum atomic E-state index is 12.7. The number of nitrogens with one attached hydrogen (secondary N) is 1. The van der Waals surface area contributed by atoms with Crippen LogP contribution in [0.25, 0.3) is 0 Å². The molecule has 9 nitrogen and oxygen atoms in total. The van der Waals surface area contributed by atoms with E-state index in [-0.39, 0.29) is 17.6 Å². The summed E-state index contributed by atoms with van der Waals surface area (Å²) in [5, 5.41) is 10.5. The van der Waals surface area contributed by atoms with Gasteiger partial charge < -0.3 is 24.5 Å². The first kappa shape index (κ1) is 23.5. The lowest BCUT2D eigenvalue weighted by molar-refractivity contribution is -0.192. The third-order valence-electron chi connectivity index (χ3n) is 5.29. The number of rotatable bonds is 3. The van der Waals surface area contributed by atoms with E-state index in [0.29, 0.717) is 31.4 Å². The van der Waals surface area contributed by atoms with Gasteiger partial charge in [0.1, 0.15) is 0 Å². The summed E-state index contributed by atoms with van der Waals surface area (Å²) in [5.74, 6) is -1.74. The fourth-order valence-corrected chi connectivity index (χ4v) is 3.75. The molecule has 12 heteroatoms. The molecule has 2 atom stereocenters. The van der Waals surface area contributed by atoms with E-state index in [0.717, 1.165) is 24.8 Å². The van der Waals surface area contributed by atoms with Crippen LogP contribution in [0.2, 0.25) is 0 Å². The number of furan rings is 1. The maximum Gasteiger partial charge on any atom is 0.490 e. The highest BCUT2D eigenvalue weighted by Gasteiger charge is 2.45. The number of halogens is 3. The fourth-order valence-electron chi connectivity index (χ4n) is 3.75. The highest BCUT2D eigenvalue weighted by molar-refractivity contribution is 5.93. The number of carbonyl (C=O) groups is 2. The molecular weight excluding hydrogens is 433 g/mol. The minimum absolute atomic E-state index is 0.0514. The molecule has 0 unspecified atom stereocenters. The van der Waals surface area contributed by atoms with E-state index in [1.165, 1.54) is 0 Å². The van der Waals surface area contributed by atoms with Crippen molar-refractivity contribution in [2.75, 3.05) is 25.0 Å². The van der Waals surface area contributed by atoms with Crippen molar-refractivity contribution in [3.8, 4) is 0 Å². The Bertz CT molecular complexity index is 937. The van der Waals surface area contributed by atoms with E-state index in [2.05, 4.69) is 15.3 Å². The lowest BCUT2D eigenvalue weighted by atomic mass is 9.89. The monoisotopic (exact) mass is 456 g/mol. The Balaban J connectivity index is 0.000000360. The number of aryl methyl sites for hydroxylation is 1. The quantitative estimate of drug-likeness (QED) is 0.724. The maximum absolute atomic E-state index is 12.7. The second-order valence-corrected chi connectivity index (χ2v) is 7.65. The summed E-state index contributed by atoms with van der Waals surface area (Å²) in [6, 6.07) is 3.86. The molecule has 1 spiro atoms. The molecule has 2 N–H and O–H groups in total. The van der Waals surface area contributed by atoms with Crippen molar-refractivity contribution in [2.24, 2.45) is 0 Å². The van der Waals surface area contributed by atoms with Gasteiger partial charge in [0.25, 0.3) is 5.91 Å². The number of carboxylic acid groups (broad SMARTS) is 1. The number of nitrogens with zero attached hydrogens (tertiary/aromatic N) is 3. The number of hydrogen-bond donors (Lipinski definition) is 2. The molecule has 0 aromatic carbocycles. The van der Waals surface area contributed by atoms with Gasteiger partial charge in [0.2, 0.25) is 5.95 Å². The van der Waals surface area contributed by atoms with E-state index in [1.54, 1.807) is 24.7 Å². The van der Waals surface area contributed by atoms with E-state index < -0.39 is 12.1 Å². The molecule has 2 fully saturated rings. The Morgan fingerprint density at radius 3 is 2.59 bits per heavy atom. The standard InChI is InChI=1S/C18H22N4O3.C2HF3O2/c1-13-3-9-24-15(13)16(23)22-8-5-18(12-22)11-14(4-10-25-18)21-17-19-6-2-7-20-17;3-2(4,5)1(6)7/h2-3,6-7,9,14H,4-5,8,10-12H2,1H3,(H,19,20,21);(H,6,7)/t14-,18-;/m1./s1. The van der Waals surface area contributed by atoms with Gasteiger partial charge in [0.15, 0.2) is 5.76 Å². The van der Waals surface area contributed by atoms with Crippen LogP contribution in [0.5, 0.6) is 0 Å². The second kappa shape index (κ2) is 9.55. The topological polar surface area (TPSA) is 118 Å². The summed E-state index contributed by atoms with van der Waals surface area (Å²) < 4.78 is 43.2. The highest BCUT2D eigenvalue weighted by atomic mass is 19.4. The predicted molar refractivity (Wildman–Crippen MR) is 105 cm³/mol. The van der Waals surface area contributed by atoms with Gasteiger partial charge in [-0.1, -0.05) is 0 Å². The SMILES string of the molecule is Cc1ccoc1C(=O)N1CC[C@@]2(C[C@H](Nc3ncccn3)CCO2)C1.O=C(O)C(F)(F)F. The number of aliphatic carboxylic acids is 1. The molecule has 4 heterocycles. The molecule has 174 valence electrons. The van der Waals surface area contributed by atoms with Crippen LogP contribution in [-0.4, -0.2) is 69.4 Å². The van der Waals surface area contributed by atoms with Crippen LogP contribution in [-0.2, 0) is 9.53 Å². The van der Waals surface area contributed by atoms with Gasteiger partial charge in [-0.2, -0.15) is 13.2 Å². The normalized spacial score (nSPS) is 22.9. The molecule has 0 saturated carbocycles. The lowest BCUT2D eigenvalue weighted by Gasteiger charge is -2.38. The minimum Gasteiger partial charge on any atom is -0.475 e. The number of hydrogen-bond acceptors (Lipinski definition) is 7. The number of amides is 1. The van der Waals surface area contributed by atoms with Gasteiger partial charge in [-0.3, -0.25) is 4.79 Å². The summed E-state index contributed by atoms with van der Waals surface area (Å²) in [6.45, 7) is 3.85. The minimum atomic E-state index is -5.08. The summed E-state index contributed by atoms with van der Waals surface area (Å²) >= 11 is 0. The zero-order valence-electron chi connectivity index (χ0n) is 17.3. The van der Waals surface area contributed by atoms with Crippen LogP contribution in [0.15, 0.2) is 35.2 Å². The molecule has 0 bridgehead atoms. The molecule has 2 saturated heterocycles. The summed E-state index contributed by atoms with van der Waals surface area (Å²) in [5.41, 5.74) is 0.581. The zero-order chi connectivity index (χ0) is 23.4. The van der Waals surface area contributed by atoms with E-state index in [1.807, 2.05) is 17.9 Å². The van der Waals surface area contributed by atoms with Gasteiger partial charge in [-0.05, 0) is 38.3 Å². The van der Waals surface area contributed by atoms with Gasteiger partial charge in [-0.15, -0.1) is 0 Å². The Morgan fingerprint density at radius 2 is 2.00 bits per heavy atom. The number of alkyl halides is 3. The number of aromatic nitrogens is 2. The number of carboxylic acids is 1. The number of anilines is 1. The Kier molecular flexibility index (Phi) is 7.02. The van der Waals surface area contributed by atoms with E-state index in [9.17, 15) is 18.0 Å². The molecule has 32 heavy (non-hydrogen) atoms. The summed E-state index contributed by atoms with van der Waals surface area (Å²) in [4.78, 5) is 31.9. The van der Waals surface area contributed by atoms with Crippen molar-refractivity contribution < 1.29 is 37.0 Å². The summed E-state index contributed by atoms with van der Waals surface area (Å²) in [6.07, 6.45) is 2.52. The summed E-state index contributed by atoms with van der Waals surface area (Å²) in [7, 11) is 0. The van der Waals surface area contributed by atoms with Crippen molar-refractivity contribution >= 4 is 17.8 Å². The highest BCUT2D eigenvalue weighted by Crippen LogP contribution is 2.35. The average Bonchev–Trinajstić information content (AvgIpc) is 3.35. The number of likely N-dealkylation sites (tertiary alicyclic amines) is 1. The first-order valence-corrected chi connectivity index (χ1v) is 9.91. The van der Waals surface area contributed by atoms with Crippen LogP contribution in [0.1, 0.15) is 35.4 Å². The largest absolute Gasteiger partial charge is 0.490 e. The van der Waals surface area contributed by atoms with Gasteiger partial charge in [0, 0.05) is 37.2 Å². The predicted octanol–water partition coefficient (Wildman–Crippen LogP) is 2.89. The number of carbonyl (C=O) groups excluding carboxylic acids is 1. The first-order chi connectivity index (χ1) is 15.1. The van der Waals surface area contributed by atoms with Gasteiger partial charge >= 0.3 is 12.1 Å². The average molecular weight is 456 g/mol. The van der Waals surface area contributed by atoms with Crippen LogP contribution < -0.4 is 5.32 Å². The fraction of sp³-hybridized carbons (Fsp3) is 0.500. The van der Waals surface area contributed by atoms with Gasteiger partial charge in [0.05, 0.1) is 18.4 Å². The molecular formula is C20H23F3N4O5. The third-order valence-corrected chi connectivity index (χ3v) is 5.29. The van der Waals surface area contributed by atoms with Crippen molar-refractivity contribution in [3.63, 3.8) is 0 Å². The van der Waals surface area contributed by atoms with Crippen molar-refractivity contribution in [1.29, 1.82) is 0 Å². The Labute approximate surface area is 181 Å². The Morgan fingerprint density at radius 1 is 1.31 bits per heavy atom. The number of ether oxygens (including phenoxy) is 1. The first-order valence-electron chi connectivity index (χ1n) is 9.91. The van der Waals surface area contributed by atoms with Gasteiger partial charge in [-0.25, -0.2) is 14.8 Å². The van der Waals surface area contributed by atoms with Crippen molar-refractivity contribution in [2.45, 2.75) is 44.0 Å². The zero-order valence-corrected chi connectivity index (χ0v) is 17.3. The molecule has 1 amide bonds. The van der Waals surface area contributed by atoms with E-state index >= 15 is 0 Å². The van der Waals surface area contributed by atoms with Crippen LogP contribution >= 0.6 is 0 Å². The van der Waals surface area contributed by atoms with Crippen molar-refractivity contribution in [1.82, 2.24) is 14.9 Å². The molecule has 4 rings (SSSR count). The van der Waals surface area contributed by atoms with E-state index in [4.69, 9.17) is 19.1 Å². The molecule has 2 aliphatic rings. The Hall–Kier alpha value is -3.15. The van der Waals surface area contributed by atoms with Crippen LogP contribution in [0, 0.1) is 6.92 Å². The molecule has 2 aromatic rings. The smallest absolute Gasteiger partial charge is 0.475 e. The second-order valence-electron chi connectivity index (χ2n) is 7.65. The van der Waals surface area contributed by atoms with Crippen molar-refractivity contribution in [3.05, 3.63) is 42.1 Å². The molecule has 0 aliphatic carbocycles. The molecule has 0 radical (unpaired) electrons. The van der Waals surface area contributed by atoms with Crippen LogP contribution in [0.4, 0.5) is 19.1 Å². The molecule has 2 aromatic heterocycles. The third kappa shape index (κ3) is 5.75. The lowest BCUT2D eigenvalue weighted by Crippen LogP contribution is -2.47. The van der Waals surface area contributed by atoms with Crippen LogP contribution in [0.3, 0.4) is 0 Å².